The minimum absolute atomic E-state index is 0.150. The van der Waals surface area contributed by atoms with Crippen molar-refractivity contribution in [1.29, 1.82) is 0 Å². The molecule has 2 aromatic carbocycles. The van der Waals surface area contributed by atoms with Crippen molar-refractivity contribution in [3.8, 4) is 11.1 Å². The van der Waals surface area contributed by atoms with Gasteiger partial charge in [0.1, 0.15) is 11.6 Å². The number of nitrogens with one attached hydrogen (secondary N) is 1. The molecule has 6 heteroatoms. The number of hydrogen-bond acceptors (Lipinski definition) is 4. The summed E-state index contributed by atoms with van der Waals surface area (Å²) in [6, 6.07) is 24.9. The number of ketones is 1. The third kappa shape index (κ3) is 5.74. The molecule has 2 heterocycles. The molecule has 0 aliphatic carbocycles. The zero-order valence-electron chi connectivity index (χ0n) is 17.5. The van der Waals surface area contributed by atoms with Crippen LogP contribution in [0, 0.1) is 0 Å². The lowest BCUT2D eigenvalue weighted by atomic mass is 10.0. The highest BCUT2D eigenvalue weighted by molar-refractivity contribution is 7.86. The van der Waals surface area contributed by atoms with Gasteiger partial charge in [-0.2, -0.15) is 0 Å². The molecule has 0 aliphatic rings. The Balaban J connectivity index is 1.37. The molecule has 0 radical (unpaired) electrons. The second-order valence-corrected chi connectivity index (χ2v) is 8.54. The van der Waals surface area contributed by atoms with Crippen molar-refractivity contribution in [1.82, 2.24) is 9.97 Å². The SMILES string of the molecule is O=C(CCc1cccnc1)Cc1ccc(NS(=O)c2ccccc2-c2ccccc2)nc1. The molecule has 4 aromatic rings. The summed E-state index contributed by atoms with van der Waals surface area (Å²) in [7, 11) is -1.47. The number of carbonyl (C=O) groups excluding carboxylic acids is 1. The van der Waals surface area contributed by atoms with Crippen LogP contribution in [0.1, 0.15) is 17.5 Å². The Hall–Kier alpha value is -3.64. The molecular weight excluding hydrogens is 418 g/mol. The average molecular weight is 442 g/mol. The second kappa shape index (κ2) is 10.6. The molecule has 160 valence electrons. The topological polar surface area (TPSA) is 72.0 Å². The van der Waals surface area contributed by atoms with E-state index in [1.165, 1.54) is 0 Å². The number of hydrogen-bond donors (Lipinski definition) is 1. The summed E-state index contributed by atoms with van der Waals surface area (Å²) in [5, 5.41) is 0. The summed E-state index contributed by atoms with van der Waals surface area (Å²) < 4.78 is 16.0. The quantitative estimate of drug-likeness (QED) is 0.396. The van der Waals surface area contributed by atoms with Crippen molar-refractivity contribution in [2.24, 2.45) is 0 Å². The van der Waals surface area contributed by atoms with Crippen molar-refractivity contribution in [3.63, 3.8) is 0 Å². The maximum atomic E-state index is 13.0. The Bertz CT molecular complexity index is 1200. The molecule has 1 unspecified atom stereocenters. The molecule has 0 saturated carbocycles. The fourth-order valence-electron chi connectivity index (χ4n) is 3.37. The van der Waals surface area contributed by atoms with Gasteiger partial charge >= 0.3 is 0 Å². The van der Waals surface area contributed by atoms with E-state index >= 15 is 0 Å². The maximum Gasteiger partial charge on any atom is 0.152 e. The van der Waals surface area contributed by atoms with Gasteiger partial charge in [-0.3, -0.25) is 14.5 Å². The predicted octanol–water partition coefficient (Wildman–Crippen LogP) is 5.02. The van der Waals surface area contributed by atoms with E-state index in [1.807, 2.05) is 72.8 Å². The van der Waals surface area contributed by atoms with Crippen LogP contribution in [0.2, 0.25) is 0 Å². The third-order valence-electron chi connectivity index (χ3n) is 5.01. The number of rotatable bonds is 9. The third-order valence-corrected chi connectivity index (χ3v) is 6.16. The molecule has 2 aromatic heterocycles. The fourth-order valence-corrected chi connectivity index (χ4v) is 4.38. The zero-order valence-corrected chi connectivity index (χ0v) is 18.3. The fraction of sp³-hybridized carbons (Fsp3) is 0.115. The Morgan fingerprint density at radius 3 is 2.41 bits per heavy atom. The molecular formula is C26H23N3O2S. The first kappa shape index (κ1) is 21.6. The minimum atomic E-state index is -1.47. The predicted molar refractivity (Wildman–Crippen MR) is 127 cm³/mol. The van der Waals surface area contributed by atoms with Gasteiger partial charge in [0.25, 0.3) is 0 Å². The van der Waals surface area contributed by atoms with E-state index in [1.54, 1.807) is 24.7 Å². The van der Waals surface area contributed by atoms with Crippen LogP contribution in [0.15, 0.2) is 102 Å². The van der Waals surface area contributed by atoms with E-state index < -0.39 is 11.0 Å². The van der Waals surface area contributed by atoms with E-state index in [-0.39, 0.29) is 5.78 Å². The normalized spacial score (nSPS) is 11.6. The lowest BCUT2D eigenvalue weighted by molar-refractivity contribution is -0.118. The van der Waals surface area contributed by atoms with Gasteiger partial charge in [0.2, 0.25) is 0 Å². The highest BCUT2D eigenvalue weighted by atomic mass is 32.2. The van der Waals surface area contributed by atoms with Crippen LogP contribution in [-0.2, 0) is 28.6 Å². The van der Waals surface area contributed by atoms with Crippen LogP contribution in [0.3, 0.4) is 0 Å². The van der Waals surface area contributed by atoms with Gasteiger partial charge < -0.3 is 0 Å². The lowest BCUT2D eigenvalue weighted by Crippen LogP contribution is -2.08. The van der Waals surface area contributed by atoms with Gasteiger partial charge in [-0.1, -0.05) is 60.7 Å². The number of aryl methyl sites for hydroxylation is 1. The van der Waals surface area contributed by atoms with Gasteiger partial charge in [0.15, 0.2) is 11.0 Å². The zero-order chi connectivity index (χ0) is 22.2. The van der Waals surface area contributed by atoms with Crippen LogP contribution in [0.25, 0.3) is 11.1 Å². The first-order chi connectivity index (χ1) is 15.7. The van der Waals surface area contributed by atoms with E-state index in [0.717, 1.165) is 22.3 Å². The second-order valence-electron chi connectivity index (χ2n) is 7.36. The molecule has 0 amide bonds. The van der Waals surface area contributed by atoms with Crippen LogP contribution in [-0.4, -0.2) is 20.0 Å². The minimum Gasteiger partial charge on any atom is -0.299 e. The number of benzene rings is 2. The number of carbonyl (C=O) groups is 1. The number of nitrogens with zero attached hydrogens (tertiary/aromatic N) is 2. The van der Waals surface area contributed by atoms with E-state index in [9.17, 15) is 9.00 Å². The summed E-state index contributed by atoms with van der Waals surface area (Å²) >= 11 is 0. The van der Waals surface area contributed by atoms with E-state index in [4.69, 9.17) is 0 Å². The summed E-state index contributed by atoms with van der Waals surface area (Å²) in [4.78, 5) is 21.4. The first-order valence-electron chi connectivity index (χ1n) is 10.4. The molecule has 4 rings (SSSR count). The molecule has 1 atom stereocenters. The molecule has 5 nitrogen and oxygen atoms in total. The Kier molecular flexibility index (Phi) is 7.15. The van der Waals surface area contributed by atoms with Gasteiger partial charge in [0.05, 0.1) is 4.90 Å². The van der Waals surface area contributed by atoms with Crippen molar-refractivity contribution in [2.45, 2.75) is 24.2 Å². The number of Topliss-reactive ketones (excluding diaryl/α,β-unsaturated/α-hetero) is 1. The number of pyridine rings is 2. The monoisotopic (exact) mass is 441 g/mol. The number of anilines is 1. The Morgan fingerprint density at radius 2 is 1.66 bits per heavy atom. The highest BCUT2D eigenvalue weighted by Gasteiger charge is 2.12. The van der Waals surface area contributed by atoms with Crippen LogP contribution >= 0.6 is 0 Å². The molecule has 0 spiro atoms. The summed E-state index contributed by atoms with van der Waals surface area (Å²) in [6.45, 7) is 0. The lowest BCUT2D eigenvalue weighted by Gasteiger charge is -2.11. The first-order valence-corrected chi connectivity index (χ1v) is 11.5. The van der Waals surface area contributed by atoms with Crippen molar-refractivity contribution in [3.05, 3.63) is 109 Å². The van der Waals surface area contributed by atoms with Crippen molar-refractivity contribution < 1.29 is 9.00 Å². The molecule has 0 fully saturated rings. The maximum absolute atomic E-state index is 13.0. The standard InChI is InChI=1S/C26H23N3O2S/c30-23(14-12-20-7-6-16-27-18-20)17-21-13-15-26(28-19-21)29-32(31)25-11-5-4-10-24(25)22-8-2-1-3-9-22/h1-11,13,15-16,18-19H,12,14,17H2,(H,28,29). The Labute approximate surface area is 190 Å². The Morgan fingerprint density at radius 1 is 0.844 bits per heavy atom. The van der Waals surface area contributed by atoms with E-state index in [2.05, 4.69) is 14.7 Å². The average Bonchev–Trinajstić information content (AvgIpc) is 2.85. The molecule has 32 heavy (non-hydrogen) atoms. The molecule has 1 N–H and O–H groups in total. The summed E-state index contributed by atoms with van der Waals surface area (Å²) in [5.41, 5.74) is 3.81. The molecule has 0 saturated heterocycles. The van der Waals surface area contributed by atoms with Crippen molar-refractivity contribution in [2.75, 3.05) is 4.72 Å². The molecule has 0 bridgehead atoms. The largest absolute Gasteiger partial charge is 0.299 e. The summed E-state index contributed by atoms with van der Waals surface area (Å²) in [5.74, 6) is 0.648. The van der Waals surface area contributed by atoms with Crippen molar-refractivity contribution >= 4 is 22.6 Å². The number of aromatic nitrogens is 2. The van der Waals surface area contributed by atoms with Gasteiger partial charge in [-0.15, -0.1) is 0 Å². The van der Waals surface area contributed by atoms with Gasteiger partial charge in [-0.05, 0) is 46.9 Å². The van der Waals surface area contributed by atoms with Gasteiger partial charge in [0, 0.05) is 31.4 Å². The summed E-state index contributed by atoms with van der Waals surface area (Å²) in [6.07, 6.45) is 6.63. The van der Waals surface area contributed by atoms with Crippen LogP contribution in [0.4, 0.5) is 5.82 Å². The smallest absolute Gasteiger partial charge is 0.152 e. The molecule has 0 aliphatic heterocycles. The van der Waals surface area contributed by atoms with Crippen LogP contribution in [0.5, 0.6) is 0 Å². The van der Waals surface area contributed by atoms with Gasteiger partial charge in [-0.25, -0.2) is 9.19 Å². The van der Waals surface area contributed by atoms with E-state index in [0.29, 0.717) is 30.0 Å². The van der Waals surface area contributed by atoms with Crippen LogP contribution < -0.4 is 4.72 Å². The highest BCUT2D eigenvalue weighted by Crippen LogP contribution is 2.26.